The Balaban J connectivity index is 1.63. The Kier molecular flexibility index (Phi) is 3.68. The van der Waals surface area contributed by atoms with Crippen molar-refractivity contribution < 1.29 is 14.6 Å². The number of fused-ring (bicyclic) bond motifs is 1. The molecule has 2 aromatic rings. The average Bonchev–Trinajstić information content (AvgIpc) is 3.42. The maximum atomic E-state index is 10.8. The van der Waals surface area contributed by atoms with Crippen LogP contribution in [0.25, 0.3) is 0 Å². The first-order valence-corrected chi connectivity index (χ1v) is 8.49. The highest BCUT2D eigenvalue weighted by Crippen LogP contribution is 2.54. The minimum atomic E-state index is -0.972. The van der Waals surface area contributed by atoms with E-state index in [4.69, 9.17) is 9.84 Å². The van der Waals surface area contributed by atoms with E-state index >= 15 is 0 Å². The van der Waals surface area contributed by atoms with Crippen molar-refractivity contribution in [2.24, 2.45) is 0 Å². The van der Waals surface area contributed by atoms with Crippen molar-refractivity contribution in [3.63, 3.8) is 0 Å². The molecule has 4 heteroatoms. The minimum absolute atomic E-state index is 0.131. The van der Waals surface area contributed by atoms with Gasteiger partial charge in [0.15, 0.2) is 0 Å². The van der Waals surface area contributed by atoms with Gasteiger partial charge in [0.25, 0.3) is 0 Å². The summed E-state index contributed by atoms with van der Waals surface area (Å²) in [5, 5.41) is 11.3. The van der Waals surface area contributed by atoms with Crippen molar-refractivity contribution in [2.75, 3.05) is 13.2 Å². The number of hydrogen-bond donors (Lipinski definition) is 2. The molecule has 2 aliphatic rings. The van der Waals surface area contributed by atoms with E-state index in [1.54, 1.807) is 0 Å². The van der Waals surface area contributed by atoms with Crippen LogP contribution in [0.3, 0.4) is 0 Å². The van der Waals surface area contributed by atoms with Crippen LogP contribution in [0.1, 0.15) is 41.9 Å². The Bertz CT molecular complexity index is 753. The Labute approximate surface area is 141 Å². The minimum Gasteiger partial charge on any atom is -0.493 e. The molecular formula is C20H21NO3. The molecular weight excluding hydrogens is 302 g/mol. The molecule has 1 fully saturated rings. The predicted molar refractivity (Wildman–Crippen MR) is 91.8 cm³/mol. The normalized spacial score (nSPS) is 20.6. The molecule has 4 nitrogen and oxygen atoms in total. The molecule has 2 N–H and O–H groups in total. The van der Waals surface area contributed by atoms with Crippen molar-refractivity contribution in [1.29, 1.82) is 0 Å². The summed E-state index contributed by atoms with van der Waals surface area (Å²) in [5.74, 6) is 1.10. The summed E-state index contributed by atoms with van der Waals surface area (Å²) in [6.07, 6.45) is 2.21. The molecule has 0 spiro atoms. The van der Waals surface area contributed by atoms with E-state index in [1.165, 1.54) is 24.0 Å². The first-order valence-electron chi connectivity index (χ1n) is 8.49. The van der Waals surface area contributed by atoms with E-state index in [0.717, 1.165) is 17.7 Å². The van der Waals surface area contributed by atoms with Crippen LogP contribution in [0.5, 0.6) is 5.75 Å². The lowest BCUT2D eigenvalue weighted by Crippen LogP contribution is -2.29. The molecule has 4 rings (SSSR count). The molecule has 2 aromatic carbocycles. The van der Waals surface area contributed by atoms with E-state index in [2.05, 4.69) is 53.8 Å². The third kappa shape index (κ3) is 2.62. The molecule has 1 aliphatic heterocycles. The van der Waals surface area contributed by atoms with Gasteiger partial charge in [0.2, 0.25) is 0 Å². The van der Waals surface area contributed by atoms with E-state index in [9.17, 15) is 4.79 Å². The van der Waals surface area contributed by atoms with Crippen LogP contribution in [0, 0.1) is 0 Å². The van der Waals surface area contributed by atoms with Gasteiger partial charge in [-0.05, 0) is 42.0 Å². The molecule has 1 amide bonds. The van der Waals surface area contributed by atoms with Gasteiger partial charge in [-0.1, -0.05) is 42.5 Å². The summed E-state index contributed by atoms with van der Waals surface area (Å²) in [4.78, 5) is 10.8. The topological polar surface area (TPSA) is 58.6 Å². The Morgan fingerprint density at radius 2 is 1.96 bits per heavy atom. The highest BCUT2D eigenvalue weighted by Gasteiger charge is 2.46. The molecule has 124 valence electrons. The maximum absolute atomic E-state index is 10.8. The van der Waals surface area contributed by atoms with Gasteiger partial charge in [-0.15, -0.1) is 0 Å². The molecule has 1 saturated carbocycles. The molecule has 0 radical (unpaired) electrons. The molecule has 0 saturated heterocycles. The van der Waals surface area contributed by atoms with Crippen molar-refractivity contribution in [3.05, 3.63) is 65.2 Å². The number of carbonyl (C=O) groups is 1. The van der Waals surface area contributed by atoms with E-state index < -0.39 is 6.09 Å². The lowest BCUT2D eigenvalue weighted by Gasteiger charge is -2.27. The second kappa shape index (κ2) is 5.86. The molecule has 1 aliphatic carbocycles. The van der Waals surface area contributed by atoms with Crippen molar-refractivity contribution in [3.8, 4) is 5.75 Å². The Morgan fingerprint density at radius 1 is 1.17 bits per heavy atom. The highest BCUT2D eigenvalue weighted by atomic mass is 16.5. The zero-order valence-corrected chi connectivity index (χ0v) is 13.5. The molecule has 24 heavy (non-hydrogen) atoms. The van der Waals surface area contributed by atoms with Crippen LogP contribution in [-0.2, 0) is 5.41 Å². The second-order valence-corrected chi connectivity index (χ2v) is 6.72. The van der Waals surface area contributed by atoms with E-state index in [0.29, 0.717) is 13.2 Å². The van der Waals surface area contributed by atoms with Crippen LogP contribution < -0.4 is 10.1 Å². The third-order valence-corrected chi connectivity index (χ3v) is 5.31. The lowest BCUT2D eigenvalue weighted by atomic mass is 9.85. The number of amides is 1. The SMILES string of the molecule is O=C(O)NC[C@@H]1CCOc2cc(C3(c4ccccc4)CC3)ccc21. The lowest BCUT2D eigenvalue weighted by molar-refractivity contribution is 0.191. The zero-order valence-electron chi connectivity index (χ0n) is 13.5. The van der Waals surface area contributed by atoms with Crippen molar-refractivity contribution >= 4 is 6.09 Å². The zero-order chi connectivity index (χ0) is 16.6. The Morgan fingerprint density at radius 3 is 2.67 bits per heavy atom. The Hall–Kier alpha value is -2.49. The summed E-state index contributed by atoms with van der Waals surface area (Å²) >= 11 is 0. The molecule has 1 atom stereocenters. The van der Waals surface area contributed by atoms with Crippen LogP contribution in [-0.4, -0.2) is 24.4 Å². The van der Waals surface area contributed by atoms with E-state index in [1.807, 2.05) is 0 Å². The summed E-state index contributed by atoms with van der Waals surface area (Å²) in [6, 6.07) is 17.1. The summed E-state index contributed by atoms with van der Waals surface area (Å²) < 4.78 is 5.88. The fraction of sp³-hybridized carbons (Fsp3) is 0.350. The van der Waals surface area contributed by atoms with Crippen LogP contribution in [0.2, 0.25) is 0 Å². The van der Waals surface area contributed by atoms with Gasteiger partial charge in [-0.25, -0.2) is 4.79 Å². The largest absolute Gasteiger partial charge is 0.493 e. The standard InChI is InChI=1S/C20H21NO3/c22-19(23)21-13-14-8-11-24-18-12-16(6-7-17(14)18)20(9-10-20)15-4-2-1-3-5-15/h1-7,12,14,21H,8-11,13H2,(H,22,23)/t14-/m0/s1. The monoisotopic (exact) mass is 323 g/mol. The number of hydrogen-bond acceptors (Lipinski definition) is 2. The van der Waals surface area contributed by atoms with Gasteiger partial charge in [0.05, 0.1) is 6.61 Å². The van der Waals surface area contributed by atoms with Gasteiger partial charge >= 0.3 is 6.09 Å². The number of benzene rings is 2. The quantitative estimate of drug-likeness (QED) is 0.897. The average molecular weight is 323 g/mol. The number of rotatable bonds is 4. The molecule has 0 bridgehead atoms. The number of ether oxygens (including phenoxy) is 1. The van der Waals surface area contributed by atoms with Gasteiger partial charge in [0.1, 0.15) is 5.75 Å². The van der Waals surface area contributed by atoms with Crippen LogP contribution in [0.15, 0.2) is 48.5 Å². The fourth-order valence-electron chi connectivity index (χ4n) is 3.81. The molecule has 1 heterocycles. The first-order chi connectivity index (χ1) is 11.7. The summed E-state index contributed by atoms with van der Waals surface area (Å²) in [5.41, 5.74) is 3.91. The molecule has 0 unspecified atom stereocenters. The van der Waals surface area contributed by atoms with Gasteiger partial charge in [-0.2, -0.15) is 0 Å². The summed E-state index contributed by atoms with van der Waals surface area (Å²) in [7, 11) is 0. The van der Waals surface area contributed by atoms with Crippen LogP contribution in [0.4, 0.5) is 4.79 Å². The second-order valence-electron chi connectivity index (χ2n) is 6.72. The summed E-state index contributed by atoms with van der Waals surface area (Å²) in [6.45, 7) is 1.08. The van der Waals surface area contributed by atoms with Gasteiger partial charge in [0, 0.05) is 17.9 Å². The van der Waals surface area contributed by atoms with Crippen molar-refractivity contribution in [1.82, 2.24) is 5.32 Å². The third-order valence-electron chi connectivity index (χ3n) is 5.31. The van der Waals surface area contributed by atoms with Gasteiger partial charge < -0.3 is 15.2 Å². The fourth-order valence-corrected chi connectivity index (χ4v) is 3.81. The first kappa shape index (κ1) is 15.1. The highest BCUT2D eigenvalue weighted by molar-refractivity contribution is 5.64. The van der Waals surface area contributed by atoms with E-state index in [-0.39, 0.29) is 11.3 Å². The van der Waals surface area contributed by atoms with Gasteiger partial charge in [-0.3, -0.25) is 0 Å². The predicted octanol–water partition coefficient (Wildman–Crippen LogP) is 3.90. The van der Waals surface area contributed by atoms with Crippen molar-refractivity contribution in [2.45, 2.75) is 30.6 Å². The van der Waals surface area contributed by atoms with Crippen LogP contribution >= 0.6 is 0 Å². The smallest absolute Gasteiger partial charge is 0.404 e. The molecule has 0 aromatic heterocycles. The number of nitrogens with one attached hydrogen (secondary N) is 1. The number of carboxylic acid groups (broad SMARTS) is 1. The maximum Gasteiger partial charge on any atom is 0.404 e.